The van der Waals surface area contributed by atoms with Gasteiger partial charge in [-0.2, -0.15) is 0 Å². The number of ether oxygens (including phenoxy) is 1. The van der Waals surface area contributed by atoms with E-state index >= 15 is 0 Å². The predicted octanol–water partition coefficient (Wildman–Crippen LogP) is 3.14. The fraction of sp³-hybridized carbons (Fsp3) is 0.647. The van der Waals surface area contributed by atoms with Gasteiger partial charge in [0.15, 0.2) is 0 Å². The van der Waals surface area contributed by atoms with Crippen molar-refractivity contribution in [2.45, 2.75) is 59.1 Å². The number of nitrogens with two attached hydrogens (primary N) is 1. The summed E-state index contributed by atoms with van der Waals surface area (Å²) in [5, 5.41) is 9.49. The van der Waals surface area contributed by atoms with Crippen molar-refractivity contribution in [3.63, 3.8) is 0 Å². The Bertz CT molecular complexity index is 381. The lowest BCUT2D eigenvalue weighted by Gasteiger charge is -2.33. The summed E-state index contributed by atoms with van der Waals surface area (Å²) in [6, 6.07) is 7.88. The van der Waals surface area contributed by atoms with Crippen molar-refractivity contribution in [1.29, 1.82) is 0 Å². The molecule has 1 rings (SSSR count). The molecule has 0 amide bonds. The third-order valence-electron chi connectivity index (χ3n) is 3.61. The van der Waals surface area contributed by atoms with Crippen LogP contribution in [-0.4, -0.2) is 23.9 Å². The Hall–Kier alpha value is -1.06. The Labute approximate surface area is 123 Å². The highest BCUT2D eigenvalue weighted by molar-refractivity contribution is 5.27. The Kier molecular flexibility index (Phi) is 6.50. The first-order chi connectivity index (χ1) is 9.38. The fourth-order valence-electron chi connectivity index (χ4n) is 2.07. The lowest BCUT2D eigenvalue weighted by Crippen LogP contribution is -2.49. The number of benzene rings is 1. The van der Waals surface area contributed by atoms with Crippen LogP contribution in [0, 0.1) is 5.41 Å². The molecular weight excluding hydrogens is 250 g/mol. The second kappa shape index (κ2) is 7.65. The van der Waals surface area contributed by atoms with Crippen molar-refractivity contribution in [2.24, 2.45) is 11.1 Å². The zero-order chi connectivity index (χ0) is 15.2. The monoisotopic (exact) mass is 279 g/mol. The number of hydrogen-bond donors (Lipinski definition) is 2. The highest BCUT2D eigenvalue weighted by Crippen LogP contribution is 2.23. The Morgan fingerprint density at radius 1 is 1.20 bits per heavy atom. The Morgan fingerprint density at radius 3 is 2.25 bits per heavy atom. The van der Waals surface area contributed by atoms with Gasteiger partial charge in [0.1, 0.15) is 11.9 Å². The first-order valence-corrected chi connectivity index (χ1v) is 7.50. The number of unbranched alkanes of at least 4 members (excludes halogenated alkanes) is 1. The van der Waals surface area contributed by atoms with Gasteiger partial charge in [0.05, 0.1) is 6.61 Å². The number of aryl methyl sites for hydroxylation is 1. The van der Waals surface area contributed by atoms with Gasteiger partial charge in [0.25, 0.3) is 0 Å². The molecule has 20 heavy (non-hydrogen) atoms. The van der Waals surface area contributed by atoms with E-state index in [2.05, 4.69) is 39.8 Å². The second-order valence-corrected chi connectivity index (χ2v) is 6.48. The molecule has 2 unspecified atom stereocenters. The van der Waals surface area contributed by atoms with Crippen molar-refractivity contribution in [3.8, 4) is 5.75 Å². The van der Waals surface area contributed by atoms with Crippen LogP contribution in [-0.2, 0) is 6.42 Å². The van der Waals surface area contributed by atoms with Crippen LogP contribution in [0.4, 0.5) is 0 Å². The molecule has 3 nitrogen and oxygen atoms in total. The summed E-state index contributed by atoms with van der Waals surface area (Å²) in [5.74, 6) is 0.768. The van der Waals surface area contributed by atoms with Gasteiger partial charge in [-0.3, -0.25) is 0 Å². The van der Waals surface area contributed by atoms with E-state index in [1.54, 1.807) is 0 Å². The molecule has 0 heterocycles. The van der Waals surface area contributed by atoms with Gasteiger partial charge in [-0.1, -0.05) is 46.2 Å². The number of aliphatic hydroxyl groups excluding tert-OH is 1. The number of rotatable bonds is 7. The number of aliphatic hydroxyl groups is 1. The second-order valence-electron chi connectivity index (χ2n) is 6.48. The van der Waals surface area contributed by atoms with Crippen LogP contribution in [0.25, 0.3) is 0 Å². The smallest absolute Gasteiger partial charge is 0.137 e. The van der Waals surface area contributed by atoms with Crippen LogP contribution in [0.5, 0.6) is 5.75 Å². The molecule has 0 saturated heterocycles. The summed E-state index contributed by atoms with van der Waals surface area (Å²) in [7, 11) is 0. The van der Waals surface area contributed by atoms with E-state index in [0.29, 0.717) is 0 Å². The van der Waals surface area contributed by atoms with Crippen LogP contribution in [0.2, 0.25) is 0 Å². The minimum Gasteiger partial charge on any atom is -0.486 e. The third-order valence-corrected chi connectivity index (χ3v) is 3.61. The Balaban J connectivity index is 2.66. The van der Waals surface area contributed by atoms with E-state index in [1.807, 2.05) is 12.1 Å². The van der Waals surface area contributed by atoms with Crippen molar-refractivity contribution in [3.05, 3.63) is 29.8 Å². The van der Waals surface area contributed by atoms with E-state index in [-0.39, 0.29) is 24.2 Å². The van der Waals surface area contributed by atoms with Crippen molar-refractivity contribution in [1.82, 2.24) is 0 Å². The summed E-state index contributed by atoms with van der Waals surface area (Å²) in [4.78, 5) is 0. The molecule has 0 radical (unpaired) electrons. The normalized spacial score (nSPS) is 14.9. The quantitative estimate of drug-likeness (QED) is 0.806. The average molecular weight is 279 g/mol. The topological polar surface area (TPSA) is 55.5 Å². The molecule has 0 fully saturated rings. The first kappa shape index (κ1) is 17.0. The van der Waals surface area contributed by atoms with Gasteiger partial charge in [-0.25, -0.2) is 0 Å². The minimum atomic E-state index is -0.378. The Morgan fingerprint density at radius 2 is 1.80 bits per heavy atom. The van der Waals surface area contributed by atoms with E-state index in [0.717, 1.165) is 12.2 Å². The standard InChI is InChI=1S/C17H29NO2/c1-5-6-7-13-8-10-14(11-9-13)20-15(12-19)16(18)17(2,3)4/h8-11,15-16,19H,5-7,12,18H2,1-4H3. The molecule has 0 aliphatic rings. The van der Waals surface area contributed by atoms with Crippen molar-refractivity contribution >= 4 is 0 Å². The van der Waals surface area contributed by atoms with Crippen LogP contribution in [0.15, 0.2) is 24.3 Å². The molecule has 114 valence electrons. The average Bonchev–Trinajstić information content (AvgIpc) is 2.42. The maximum atomic E-state index is 9.49. The highest BCUT2D eigenvalue weighted by Gasteiger charge is 2.30. The van der Waals surface area contributed by atoms with Crippen LogP contribution in [0.1, 0.15) is 46.1 Å². The van der Waals surface area contributed by atoms with E-state index in [9.17, 15) is 5.11 Å². The van der Waals surface area contributed by atoms with E-state index < -0.39 is 0 Å². The van der Waals surface area contributed by atoms with E-state index in [1.165, 1.54) is 18.4 Å². The molecule has 0 bridgehead atoms. The summed E-state index contributed by atoms with van der Waals surface area (Å²) < 4.78 is 5.84. The van der Waals surface area contributed by atoms with Gasteiger partial charge in [0, 0.05) is 6.04 Å². The lowest BCUT2D eigenvalue weighted by atomic mass is 9.84. The minimum absolute atomic E-state index is 0.0734. The predicted molar refractivity (Wildman–Crippen MR) is 84.0 cm³/mol. The largest absolute Gasteiger partial charge is 0.486 e. The van der Waals surface area contributed by atoms with Crippen molar-refractivity contribution < 1.29 is 9.84 Å². The molecular formula is C17H29NO2. The first-order valence-electron chi connectivity index (χ1n) is 7.50. The maximum absolute atomic E-state index is 9.49. The SMILES string of the molecule is CCCCc1ccc(OC(CO)C(N)C(C)(C)C)cc1. The summed E-state index contributed by atoms with van der Waals surface area (Å²) in [5.41, 5.74) is 7.38. The molecule has 0 saturated carbocycles. The molecule has 0 aliphatic heterocycles. The summed E-state index contributed by atoms with van der Waals surface area (Å²) in [6.45, 7) is 8.28. The van der Waals surface area contributed by atoms with Gasteiger partial charge >= 0.3 is 0 Å². The zero-order valence-corrected chi connectivity index (χ0v) is 13.2. The molecule has 3 N–H and O–H groups in total. The molecule has 1 aromatic rings. The molecule has 0 aromatic heterocycles. The number of hydrogen-bond acceptors (Lipinski definition) is 3. The van der Waals surface area contributed by atoms with Gasteiger partial charge in [-0.15, -0.1) is 0 Å². The van der Waals surface area contributed by atoms with Crippen molar-refractivity contribution in [2.75, 3.05) is 6.61 Å². The van der Waals surface area contributed by atoms with Gasteiger partial charge in [0.2, 0.25) is 0 Å². The molecule has 3 heteroatoms. The fourth-order valence-corrected chi connectivity index (χ4v) is 2.07. The highest BCUT2D eigenvalue weighted by atomic mass is 16.5. The summed E-state index contributed by atoms with van der Waals surface area (Å²) in [6.07, 6.45) is 3.12. The molecule has 1 aromatic carbocycles. The van der Waals surface area contributed by atoms with Crippen LogP contribution < -0.4 is 10.5 Å². The third kappa shape index (κ3) is 5.14. The maximum Gasteiger partial charge on any atom is 0.137 e. The zero-order valence-electron chi connectivity index (χ0n) is 13.2. The van der Waals surface area contributed by atoms with Crippen LogP contribution >= 0.6 is 0 Å². The molecule has 2 atom stereocenters. The van der Waals surface area contributed by atoms with Crippen LogP contribution in [0.3, 0.4) is 0 Å². The van der Waals surface area contributed by atoms with E-state index in [4.69, 9.17) is 10.5 Å². The molecule has 0 aliphatic carbocycles. The van der Waals surface area contributed by atoms with Gasteiger partial charge in [-0.05, 0) is 36.0 Å². The lowest BCUT2D eigenvalue weighted by molar-refractivity contribution is 0.0592. The summed E-state index contributed by atoms with van der Waals surface area (Å²) >= 11 is 0. The molecule has 0 spiro atoms. The van der Waals surface area contributed by atoms with Gasteiger partial charge < -0.3 is 15.6 Å².